The Morgan fingerprint density at radius 2 is 2.00 bits per heavy atom. The summed E-state index contributed by atoms with van der Waals surface area (Å²) in [6.45, 7) is 1.49. The van der Waals surface area contributed by atoms with E-state index in [0.29, 0.717) is 0 Å². The van der Waals surface area contributed by atoms with Crippen LogP contribution in [0.25, 0.3) is 0 Å². The molecule has 0 heterocycles. The van der Waals surface area contributed by atoms with Gasteiger partial charge in [0.05, 0.1) is 12.2 Å². The summed E-state index contributed by atoms with van der Waals surface area (Å²) in [7, 11) is 1.66. The van der Waals surface area contributed by atoms with Gasteiger partial charge in [0.2, 0.25) is 0 Å². The van der Waals surface area contributed by atoms with Gasteiger partial charge in [-0.05, 0) is 30.9 Å². The highest BCUT2D eigenvalue weighted by molar-refractivity contribution is 7.98. The third-order valence-corrected chi connectivity index (χ3v) is 3.81. The number of benzene rings is 1. The molecule has 0 aromatic heterocycles. The third-order valence-electron chi connectivity index (χ3n) is 3.00. The molecule has 1 unspecified atom stereocenters. The average molecular weight is 293 g/mol. The zero-order valence-electron chi connectivity index (χ0n) is 11.2. The van der Waals surface area contributed by atoms with Gasteiger partial charge in [-0.15, -0.1) is 0 Å². The Bertz CT molecular complexity index is 423. The van der Waals surface area contributed by atoms with Gasteiger partial charge in [0.25, 0.3) is 0 Å². The largest absolute Gasteiger partial charge is 0.418 e. The number of nitrogens with zero attached hydrogens (tertiary/aromatic N) is 1. The van der Waals surface area contributed by atoms with E-state index in [9.17, 15) is 13.2 Å². The number of alkyl halides is 3. The minimum Gasteiger partial charge on any atom is -0.392 e. The number of halogens is 3. The molecule has 0 bridgehead atoms. The van der Waals surface area contributed by atoms with Crippen molar-refractivity contribution >= 4 is 17.4 Å². The van der Waals surface area contributed by atoms with E-state index in [1.165, 1.54) is 12.1 Å². The lowest BCUT2D eigenvalue weighted by molar-refractivity contribution is -0.137. The molecule has 0 aliphatic rings. The fourth-order valence-corrected chi connectivity index (χ4v) is 2.51. The minimum atomic E-state index is -4.42. The number of aliphatic hydroxyl groups excluding tert-OH is 1. The predicted octanol–water partition coefficient (Wildman–Crippen LogP) is 3.39. The van der Waals surface area contributed by atoms with Crippen molar-refractivity contribution in [2.45, 2.75) is 25.7 Å². The molecule has 0 radical (unpaired) electrons. The van der Waals surface area contributed by atoms with Crippen LogP contribution in [0.4, 0.5) is 18.9 Å². The molecular weight excluding hydrogens is 275 g/mol. The zero-order chi connectivity index (χ0) is 14.6. The Hall–Kier alpha value is -0.880. The van der Waals surface area contributed by atoms with Crippen molar-refractivity contribution < 1.29 is 18.3 Å². The van der Waals surface area contributed by atoms with Crippen LogP contribution in [0.15, 0.2) is 18.2 Å². The van der Waals surface area contributed by atoms with E-state index in [-0.39, 0.29) is 17.3 Å². The van der Waals surface area contributed by atoms with Gasteiger partial charge in [0.1, 0.15) is 0 Å². The molecule has 1 N–H and O–H groups in total. The van der Waals surface area contributed by atoms with E-state index in [4.69, 9.17) is 5.11 Å². The molecule has 2 nitrogen and oxygen atoms in total. The van der Waals surface area contributed by atoms with Crippen LogP contribution in [-0.4, -0.2) is 30.2 Å². The second-order valence-corrected chi connectivity index (χ2v) is 5.33. The number of hydrogen-bond donors (Lipinski definition) is 1. The van der Waals surface area contributed by atoms with Crippen molar-refractivity contribution in [1.29, 1.82) is 0 Å². The molecule has 0 aliphatic heterocycles. The molecule has 0 aliphatic carbocycles. The van der Waals surface area contributed by atoms with Crippen LogP contribution >= 0.6 is 11.8 Å². The van der Waals surface area contributed by atoms with Crippen molar-refractivity contribution in [3.8, 4) is 0 Å². The molecule has 6 heteroatoms. The summed E-state index contributed by atoms with van der Waals surface area (Å²) in [5, 5.41) is 8.97. The predicted molar refractivity (Wildman–Crippen MR) is 73.6 cm³/mol. The van der Waals surface area contributed by atoms with Crippen molar-refractivity contribution in [3.63, 3.8) is 0 Å². The summed E-state index contributed by atoms with van der Waals surface area (Å²) in [6.07, 6.45) is -2.50. The standard InChI is InChI=1S/C13H18F3NOS/c1-9(8-19-3)17(2)12-5-4-10(7-18)6-11(12)13(14,15)16/h4-6,9,18H,7-8H2,1-3H3. The summed E-state index contributed by atoms with van der Waals surface area (Å²) >= 11 is 1.59. The number of rotatable bonds is 5. The second kappa shape index (κ2) is 6.52. The Balaban J connectivity index is 3.19. The van der Waals surface area contributed by atoms with Gasteiger partial charge in [-0.25, -0.2) is 0 Å². The Kier molecular flexibility index (Phi) is 5.55. The van der Waals surface area contributed by atoms with Crippen LogP contribution in [0.2, 0.25) is 0 Å². The van der Waals surface area contributed by atoms with Crippen LogP contribution in [0.1, 0.15) is 18.1 Å². The van der Waals surface area contributed by atoms with Crippen molar-refractivity contribution in [3.05, 3.63) is 29.3 Å². The van der Waals surface area contributed by atoms with Gasteiger partial charge in [-0.3, -0.25) is 0 Å². The van der Waals surface area contributed by atoms with Gasteiger partial charge in [-0.1, -0.05) is 6.07 Å². The average Bonchev–Trinajstić information content (AvgIpc) is 2.36. The summed E-state index contributed by atoms with van der Waals surface area (Å²) in [6, 6.07) is 3.95. The maximum absolute atomic E-state index is 13.1. The first kappa shape index (κ1) is 16.2. The third kappa shape index (κ3) is 4.04. The first-order chi connectivity index (χ1) is 8.81. The maximum atomic E-state index is 13.1. The molecule has 0 saturated heterocycles. The van der Waals surface area contributed by atoms with Crippen molar-refractivity contribution in [2.75, 3.05) is 24.0 Å². The van der Waals surface area contributed by atoms with Crippen LogP contribution in [-0.2, 0) is 12.8 Å². The Morgan fingerprint density at radius 1 is 1.37 bits per heavy atom. The SMILES string of the molecule is CSCC(C)N(C)c1ccc(CO)cc1C(F)(F)F. The van der Waals surface area contributed by atoms with E-state index >= 15 is 0 Å². The lowest BCUT2D eigenvalue weighted by Crippen LogP contribution is -2.32. The minimum absolute atomic E-state index is 0.00363. The molecule has 1 atom stereocenters. The fourth-order valence-electron chi connectivity index (χ4n) is 1.81. The Labute approximate surface area is 115 Å². The zero-order valence-corrected chi connectivity index (χ0v) is 12.0. The lowest BCUT2D eigenvalue weighted by Gasteiger charge is -2.29. The van der Waals surface area contributed by atoms with Crippen molar-refractivity contribution in [2.24, 2.45) is 0 Å². The monoisotopic (exact) mass is 293 g/mol. The fraction of sp³-hybridized carbons (Fsp3) is 0.538. The molecule has 1 aromatic rings. The quantitative estimate of drug-likeness (QED) is 0.900. The van der Waals surface area contributed by atoms with Crippen LogP contribution in [0.5, 0.6) is 0 Å². The van der Waals surface area contributed by atoms with E-state index in [1.54, 1.807) is 23.7 Å². The summed E-state index contributed by atoms with van der Waals surface area (Å²) < 4.78 is 39.2. The first-order valence-electron chi connectivity index (χ1n) is 5.84. The Morgan fingerprint density at radius 3 is 2.47 bits per heavy atom. The van der Waals surface area contributed by atoms with Crippen molar-refractivity contribution in [1.82, 2.24) is 0 Å². The summed E-state index contributed by atoms with van der Waals surface area (Å²) in [5.74, 6) is 0.746. The smallest absolute Gasteiger partial charge is 0.392 e. The van der Waals surface area contributed by atoms with Gasteiger partial charge >= 0.3 is 6.18 Å². The molecule has 108 valence electrons. The topological polar surface area (TPSA) is 23.5 Å². The molecule has 1 aromatic carbocycles. The summed E-state index contributed by atoms with van der Waals surface area (Å²) in [5.41, 5.74) is -0.289. The van der Waals surface area contributed by atoms with Crippen LogP contribution in [0, 0.1) is 0 Å². The molecule has 19 heavy (non-hydrogen) atoms. The van der Waals surface area contributed by atoms with E-state index in [2.05, 4.69) is 0 Å². The molecule has 0 saturated carbocycles. The normalized spacial score (nSPS) is 13.4. The van der Waals surface area contributed by atoms with Crippen LogP contribution < -0.4 is 4.90 Å². The number of aliphatic hydroxyl groups is 1. The maximum Gasteiger partial charge on any atom is 0.418 e. The number of thioether (sulfide) groups is 1. The molecule has 0 fully saturated rings. The van der Waals surface area contributed by atoms with Gasteiger partial charge in [-0.2, -0.15) is 24.9 Å². The van der Waals surface area contributed by atoms with E-state index in [1.807, 2.05) is 13.2 Å². The number of hydrogen-bond acceptors (Lipinski definition) is 3. The highest BCUT2D eigenvalue weighted by atomic mass is 32.2. The summed E-state index contributed by atoms with van der Waals surface area (Å²) in [4.78, 5) is 1.63. The molecular formula is C13H18F3NOS. The van der Waals surface area contributed by atoms with Crippen LogP contribution in [0.3, 0.4) is 0 Å². The molecule has 0 amide bonds. The second-order valence-electron chi connectivity index (χ2n) is 4.42. The van der Waals surface area contributed by atoms with E-state index < -0.39 is 18.3 Å². The van der Waals surface area contributed by atoms with Gasteiger partial charge in [0, 0.05) is 24.5 Å². The highest BCUT2D eigenvalue weighted by Gasteiger charge is 2.35. The highest BCUT2D eigenvalue weighted by Crippen LogP contribution is 2.37. The lowest BCUT2D eigenvalue weighted by atomic mass is 10.1. The van der Waals surface area contributed by atoms with Gasteiger partial charge in [0.15, 0.2) is 0 Å². The molecule has 0 spiro atoms. The van der Waals surface area contributed by atoms with Gasteiger partial charge < -0.3 is 10.0 Å². The number of anilines is 1. The van der Waals surface area contributed by atoms with E-state index in [0.717, 1.165) is 11.8 Å². The first-order valence-corrected chi connectivity index (χ1v) is 7.23. The molecule has 1 rings (SSSR count).